The zero-order valence-corrected chi connectivity index (χ0v) is 23.5. The van der Waals surface area contributed by atoms with Crippen LogP contribution in [0.3, 0.4) is 0 Å². The van der Waals surface area contributed by atoms with Crippen LogP contribution in [0.15, 0.2) is 42.5 Å². The van der Waals surface area contributed by atoms with Crippen LogP contribution < -0.4 is 15.4 Å². The van der Waals surface area contributed by atoms with Crippen molar-refractivity contribution in [1.29, 1.82) is 0 Å². The molecule has 2 aromatic rings. The van der Waals surface area contributed by atoms with Crippen molar-refractivity contribution in [3.05, 3.63) is 48.0 Å². The number of nitrogens with one attached hydrogen (secondary N) is 3. The van der Waals surface area contributed by atoms with E-state index in [1.807, 2.05) is 12.1 Å². The van der Waals surface area contributed by atoms with Crippen LogP contribution >= 0.6 is 0 Å². The number of nitrogens with zero attached hydrogens (tertiary/aromatic N) is 2. The number of terminal acetylenes is 1. The third-order valence-corrected chi connectivity index (χ3v) is 8.72. The van der Waals surface area contributed by atoms with E-state index in [-0.39, 0.29) is 31.7 Å². The minimum atomic E-state index is -5.08. The van der Waals surface area contributed by atoms with Crippen molar-refractivity contribution in [2.45, 2.75) is 44.1 Å². The van der Waals surface area contributed by atoms with Gasteiger partial charge >= 0.3 is 12.1 Å². The zero-order chi connectivity index (χ0) is 31.1. The Morgan fingerprint density at radius 2 is 1.74 bits per heavy atom. The largest absolute Gasteiger partial charge is 0.490 e. The summed E-state index contributed by atoms with van der Waals surface area (Å²) in [6, 6.07) is 13.6. The number of rotatable bonds is 7. The molecule has 4 N–H and O–H groups in total. The van der Waals surface area contributed by atoms with Crippen molar-refractivity contribution in [3.8, 4) is 12.3 Å². The van der Waals surface area contributed by atoms with E-state index in [9.17, 15) is 31.2 Å². The van der Waals surface area contributed by atoms with Gasteiger partial charge in [0.25, 0.3) is 10.2 Å². The van der Waals surface area contributed by atoms with Gasteiger partial charge in [-0.25, -0.2) is 4.79 Å². The highest BCUT2D eigenvalue weighted by atomic mass is 32.2. The first kappa shape index (κ1) is 32.8. The molecule has 42 heavy (non-hydrogen) atoms. The standard InChI is InChI=1S/C25H31N5O4S.C2HF3O2/c1-3-13-26-24(31)17-27-25(32)23-16-28-35(33,34)30(23)20-11-14-29(15-12-20)18(2)21-10-6-8-19-7-4-5-9-22(19)21;3-2(4,5)1(6)7/h1,4-10,18,20,23,28H,11-17H2,2H3,(H,26,31)(H,27,32);(H,6,7)/t18-,23?;/m1./s1. The minimum absolute atomic E-state index is 0.0211. The maximum absolute atomic E-state index is 12.8. The summed E-state index contributed by atoms with van der Waals surface area (Å²) in [7, 11) is -3.78. The van der Waals surface area contributed by atoms with E-state index in [2.05, 4.69) is 63.4 Å². The lowest BCUT2D eigenvalue weighted by Crippen LogP contribution is -2.54. The topological polar surface area (TPSA) is 148 Å². The number of hydrogen-bond acceptors (Lipinski definition) is 6. The summed E-state index contributed by atoms with van der Waals surface area (Å²) >= 11 is 0. The molecule has 0 saturated carbocycles. The van der Waals surface area contributed by atoms with Crippen LogP contribution in [-0.2, 0) is 24.6 Å². The summed E-state index contributed by atoms with van der Waals surface area (Å²) in [6.45, 7) is 3.39. The van der Waals surface area contributed by atoms with Gasteiger partial charge in [-0.2, -0.15) is 30.6 Å². The lowest BCUT2D eigenvalue weighted by molar-refractivity contribution is -0.192. The SMILES string of the molecule is C#CCNC(=O)CNC(=O)C1CNS(=O)(=O)N1C1CCN([C@H](C)c2cccc3ccccc23)CC1.O=C(O)C(F)(F)F. The van der Waals surface area contributed by atoms with Crippen LogP contribution in [0.4, 0.5) is 13.2 Å². The smallest absolute Gasteiger partial charge is 0.475 e. The van der Waals surface area contributed by atoms with E-state index in [4.69, 9.17) is 16.3 Å². The van der Waals surface area contributed by atoms with Crippen molar-refractivity contribution in [1.82, 2.24) is 24.6 Å². The average molecular weight is 612 g/mol. The van der Waals surface area contributed by atoms with Crippen molar-refractivity contribution >= 4 is 38.8 Å². The first-order valence-corrected chi connectivity index (χ1v) is 14.5. The summed E-state index contributed by atoms with van der Waals surface area (Å²) in [5.41, 5.74) is 1.25. The summed E-state index contributed by atoms with van der Waals surface area (Å²) in [5, 5.41) is 14.5. The Labute approximate surface area is 241 Å². The zero-order valence-electron chi connectivity index (χ0n) is 22.7. The second-order valence-corrected chi connectivity index (χ2v) is 11.4. The van der Waals surface area contributed by atoms with Gasteiger partial charge in [0.15, 0.2) is 0 Å². The van der Waals surface area contributed by atoms with Gasteiger partial charge in [0, 0.05) is 31.7 Å². The van der Waals surface area contributed by atoms with Gasteiger partial charge < -0.3 is 15.7 Å². The highest BCUT2D eigenvalue weighted by Gasteiger charge is 2.46. The summed E-state index contributed by atoms with van der Waals surface area (Å²) in [5.74, 6) is -1.39. The fourth-order valence-electron chi connectivity index (χ4n) is 5.01. The molecule has 15 heteroatoms. The molecule has 0 aliphatic carbocycles. The Morgan fingerprint density at radius 1 is 1.12 bits per heavy atom. The molecular formula is C27H32F3N5O6S. The van der Waals surface area contributed by atoms with Gasteiger partial charge in [0.2, 0.25) is 11.8 Å². The number of aliphatic carboxylic acids is 1. The highest BCUT2D eigenvalue weighted by Crippen LogP contribution is 2.32. The van der Waals surface area contributed by atoms with E-state index < -0.39 is 40.2 Å². The number of benzene rings is 2. The van der Waals surface area contributed by atoms with Crippen LogP contribution in [-0.4, -0.2) is 91.5 Å². The number of halogens is 3. The number of likely N-dealkylation sites (tertiary alicyclic amines) is 1. The number of carboxylic acid groups (broad SMARTS) is 1. The lowest BCUT2D eigenvalue weighted by Gasteiger charge is -2.40. The van der Waals surface area contributed by atoms with Crippen LogP contribution in [0.2, 0.25) is 0 Å². The van der Waals surface area contributed by atoms with Crippen molar-refractivity contribution in [3.63, 3.8) is 0 Å². The van der Waals surface area contributed by atoms with Crippen molar-refractivity contribution < 1.29 is 41.1 Å². The van der Waals surface area contributed by atoms with E-state index in [1.54, 1.807) is 0 Å². The van der Waals surface area contributed by atoms with E-state index >= 15 is 0 Å². The van der Waals surface area contributed by atoms with E-state index in [0.717, 1.165) is 0 Å². The minimum Gasteiger partial charge on any atom is -0.475 e. The second kappa shape index (κ2) is 14.0. The van der Waals surface area contributed by atoms with Gasteiger partial charge in [-0.15, -0.1) is 6.42 Å². The number of amides is 2. The highest BCUT2D eigenvalue weighted by molar-refractivity contribution is 7.87. The molecule has 0 aromatic heterocycles. The number of carboxylic acids is 1. The molecule has 2 atom stereocenters. The average Bonchev–Trinajstić information content (AvgIpc) is 3.28. The van der Waals surface area contributed by atoms with Gasteiger partial charge in [-0.05, 0) is 36.1 Å². The number of alkyl halides is 3. The fourth-order valence-corrected chi connectivity index (χ4v) is 6.64. The molecular weight excluding hydrogens is 579 g/mol. The number of piperidine rings is 1. The third kappa shape index (κ3) is 8.19. The van der Waals surface area contributed by atoms with Crippen LogP contribution in [0, 0.1) is 12.3 Å². The van der Waals surface area contributed by atoms with Gasteiger partial charge in [0.05, 0.1) is 13.1 Å². The van der Waals surface area contributed by atoms with Gasteiger partial charge in [-0.3, -0.25) is 14.5 Å². The molecule has 0 bridgehead atoms. The first-order chi connectivity index (χ1) is 19.8. The second-order valence-electron chi connectivity index (χ2n) is 9.71. The first-order valence-electron chi connectivity index (χ1n) is 13.0. The molecule has 2 heterocycles. The number of hydrogen-bond donors (Lipinski definition) is 4. The molecule has 0 spiro atoms. The molecule has 1 unspecified atom stereocenters. The molecule has 2 aliphatic heterocycles. The van der Waals surface area contributed by atoms with E-state index in [1.165, 1.54) is 20.6 Å². The molecule has 2 amide bonds. The molecule has 4 rings (SSSR count). The van der Waals surface area contributed by atoms with Gasteiger partial charge in [-0.1, -0.05) is 48.4 Å². The fraction of sp³-hybridized carbons (Fsp3) is 0.444. The maximum Gasteiger partial charge on any atom is 0.490 e. The lowest BCUT2D eigenvalue weighted by atomic mass is 9.96. The number of carbonyl (C=O) groups is 3. The predicted molar refractivity (Wildman–Crippen MR) is 148 cm³/mol. The monoisotopic (exact) mass is 611 g/mol. The Bertz CT molecular complexity index is 1430. The molecule has 0 radical (unpaired) electrons. The molecule has 2 aliphatic rings. The molecule has 11 nitrogen and oxygen atoms in total. The normalized spacial score (nSPS) is 20.1. The number of fused-ring (bicyclic) bond motifs is 1. The van der Waals surface area contributed by atoms with Gasteiger partial charge in [0.1, 0.15) is 6.04 Å². The molecule has 2 saturated heterocycles. The quantitative estimate of drug-likeness (QED) is 0.346. The summed E-state index contributed by atoms with van der Waals surface area (Å²) in [6.07, 6.45) is 1.26. The van der Waals surface area contributed by atoms with Crippen LogP contribution in [0.1, 0.15) is 31.4 Å². The van der Waals surface area contributed by atoms with Crippen LogP contribution in [0.5, 0.6) is 0 Å². The predicted octanol–water partition coefficient (Wildman–Crippen LogP) is 1.38. The van der Waals surface area contributed by atoms with Crippen molar-refractivity contribution in [2.75, 3.05) is 32.7 Å². The van der Waals surface area contributed by atoms with Crippen molar-refractivity contribution in [2.24, 2.45) is 0 Å². The Kier molecular flexibility index (Phi) is 10.9. The third-order valence-electron chi connectivity index (χ3n) is 7.08. The van der Waals surface area contributed by atoms with Crippen LogP contribution in [0.25, 0.3) is 10.8 Å². The molecule has 228 valence electrons. The summed E-state index contributed by atoms with van der Waals surface area (Å²) < 4.78 is 61.0. The summed E-state index contributed by atoms with van der Waals surface area (Å²) in [4.78, 5) is 35.8. The Balaban J connectivity index is 0.000000616. The maximum atomic E-state index is 12.8. The Morgan fingerprint density at radius 3 is 2.36 bits per heavy atom. The van der Waals surface area contributed by atoms with E-state index in [0.29, 0.717) is 25.9 Å². The number of carbonyl (C=O) groups excluding carboxylic acids is 2. The molecule has 2 aromatic carbocycles. The molecule has 2 fully saturated rings. The Hall–Kier alpha value is -3.71.